The molecule has 4 rings (SSSR count). The van der Waals surface area contributed by atoms with Crippen molar-refractivity contribution in [1.82, 2.24) is 20.2 Å². The van der Waals surface area contributed by atoms with Crippen molar-refractivity contribution in [2.75, 3.05) is 30.4 Å². The number of benzene rings is 1. The normalized spacial score (nSPS) is 20.8. The van der Waals surface area contributed by atoms with Crippen molar-refractivity contribution in [3.05, 3.63) is 29.0 Å². The third kappa shape index (κ3) is 5.88. The van der Waals surface area contributed by atoms with Gasteiger partial charge in [0.05, 0.1) is 23.6 Å². The largest absolute Gasteiger partial charge is 0.367 e. The smallest absolute Gasteiger partial charge is 0.221 e. The molecule has 1 atom stereocenters. The van der Waals surface area contributed by atoms with Crippen LogP contribution in [0.5, 0.6) is 0 Å². The molecule has 1 unspecified atom stereocenters. The Balaban J connectivity index is 1.37. The van der Waals surface area contributed by atoms with Crippen LogP contribution in [0.15, 0.2) is 18.2 Å². The molecule has 2 aliphatic rings. The Morgan fingerprint density at radius 3 is 2.72 bits per heavy atom. The summed E-state index contributed by atoms with van der Waals surface area (Å²) >= 11 is 6.20. The lowest BCUT2D eigenvalue weighted by Crippen LogP contribution is -2.36. The van der Waals surface area contributed by atoms with E-state index in [1.54, 1.807) is 6.07 Å². The first kappa shape index (κ1) is 23.2. The number of sulfone groups is 1. The number of hydrogen-bond donors (Lipinski definition) is 2. The fraction of sp³-hybridized carbons (Fsp3) is 0.591. The molecule has 32 heavy (non-hydrogen) atoms. The van der Waals surface area contributed by atoms with Crippen LogP contribution in [-0.4, -0.2) is 66.4 Å². The van der Waals surface area contributed by atoms with Gasteiger partial charge in [-0.2, -0.15) is 0 Å². The zero-order chi connectivity index (χ0) is 22.7. The Labute approximate surface area is 194 Å². The molecule has 2 heterocycles. The topological polar surface area (TPSA) is 104 Å². The molecule has 2 N–H and O–H groups in total. The Hall–Kier alpha value is -1.97. The summed E-state index contributed by atoms with van der Waals surface area (Å²) in [6.45, 7) is 0.746. The van der Waals surface area contributed by atoms with E-state index in [0.29, 0.717) is 36.3 Å². The Bertz CT molecular complexity index is 1090. The first-order valence-corrected chi connectivity index (χ1v) is 13.4. The van der Waals surface area contributed by atoms with E-state index in [-0.39, 0.29) is 30.0 Å². The van der Waals surface area contributed by atoms with E-state index in [0.717, 1.165) is 29.6 Å². The van der Waals surface area contributed by atoms with Gasteiger partial charge >= 0.3 is 0 Å². The van der Waals surface area contributed by atoms with E-state index in [2.05, 4.69) is 20.6 Å². The third-order valence-corrected chi connectivity index (χ3v) is 8.35. The van der Waals surface area contributed by atoms with Gasteiger partial charge < -0.3 is 15.5 Å². The highest BCUT2D eigenvalue weighted by Gasteiger charge is 2.30. The number of fused-ring (bicyclic) bond motifs is 1. The van der Waals surface area contributed by atoms with Crippen LogP contribution in [0.2, 0.25) is 5.02 Å². The van der Waals surface area contributed by atoms with Crippen molar-refractivity contribution in [2.24, 2.45) is 0 Å². The highest BCUT2D eigenvalue weighted by Crippen LogP contribution is 2.28. The number of nitrogens with one attached hydrogen (secondary N) is 2. The lowest BCUT2D eigenvalue weighted by molar-refractivity contribution is -0.121. The van der Waals surface area contributed by atoms with Crippen molar-refractivity contribution in [3.8, 4) is 0 Å². The average molecular weight is 480 g/mol. The summed E-state index contributed by atoms with van der Waals surface area (Å²) in [7, 11) is -1.06. The molecule has 174 valence electrons. The standard InChI is InChI=1S/C22H30ClN5O3S/c1-28(17-9-11-32(30,31)14-17)10-8-21(29)24-13-20-26-19-7-6-15(23)12-18(19)22(27-20)25-16-4-2-3-5-16/h6-7,12,16-17H,2-5,8-11,13-14H2,1H3,(H,24,29)(H,25,26,27). The minimum atomic E-state index is -2.93. The molecule has 0 radical (unpaired) electrons. The number of nitrogens with zero attached hydrogens (tertiary/aromatic N) is 3. The van der Waals surface area contributed by atoms with Crippen molar-refractivity contribution in [1.29, 1.82) is 0 Å². The molecule has 2 aromatic rings. The van der Waals surface area contributed by atoms with Gasteiger partial charge in [0.15, 0.2) is 15.7 Å². The number of hydrogen-bond acceptors (Lipinski definition) is 7. The predicted octanol–water partition coefficient (Wildman–Crippen LogP) is 2.76. The van der Waals surface area contributed by atoms with Gasteiger partial charge in [-0.25, -0.2) is 18.4 Å². The lowest BCUT2D eigenvalue weighted by Gasteiger charge is -2.22. The summed E-state index contributed by atoms with van der Waals surface area (Å²) in [4.78, 5) is 23.6. The average Bonchev–Trinajstić information content (AvgIpc) is 3.40. The Morgan fingerprint density at radius 1 is 1.22 bits per heavy atom. The molecule has 10 heteroatoms. The van der Waals surface area contributed by atoms with E-state index in [1.807, 2.05) is 24.1 Å². The highest BCUT2D eigenvalue weighted by molar-refractivity contribution is 7.91. The molecule has 1 saturated heterocycles. The van der Waals surface area contributed by atoms with E-state index in [4.69, 9.17) is 11.6 Å². The predicted molar refractivity (Wildman–Crippen MR) is 127 cm³/mol. The minimum absolute atomic E-state index is 0.00679. The molecule has 2 fully saturated rings. The zero-order valence-corrected chi connectivity index (χ0v) is 19.9. The van der Waals surface area contributed by atoms with Crippen molar-refractivity contribution < 1.29 is 13.2 Å². The van der Waals surface area contributed by atoms with Gasteiger partial charge in [0.25, 0.3) is 0 Å². The molecule has 1 aromatic carbocycles. The second-order valence-corrected chi connectivity index (χ2v) is 11.5. The zero-order valence-electron chi connectivity index (χ0n) is 18.3. The van der Waals surface area contributed by atoms with Crippen molar-refractivity contribution >= 4 is 44.1 Å². The molecule has 1 aliphatic carbocycles. The van der Waals surface area contributed by atoms with E-state index >= 15 is 0 Å². The van der Waals surface area contributed by atoms with Gasteiger partial charge in [-0.1, -0.05) is 24.4 Å². The highest BCUT2D eigenvalue weighted by atomic mass is 35.5. The molecular weight excluding hydrogens is 450 g/mol. The molecule has 1 saturated carbocycles. The monoisotopic (exact) mass is 479 g/mol. The summed E-state index contributed by atoms with van der Waals surface area (Å²) in [6, 6.07) is 5.93. The van der Waals surface area contributed by atoms with Crippen LogP contribution < -0.4 is 10.6 Å². The number of carbonyl (C=O) groups is 1. The number of amides is 1. The lowest BCUT2D eigenvalue weighted by atomic mass is 10.2. The summed E-state index contributed by atoms with van der Waals surface area (Å²) in [5.74, 6) is 1.61. The van der Waals surface area contributed by atoms with Crippen LogP contribution >= 0.6 is 11.6 Å². The number of anilines is 1. The minimum Gasteiger partial charge on any atom is -0.367 e. The van der Waals surface area contributed by atoms with Crippen LogP contribution in [-0.2, 0) is 21.2 Å². The van der Waals surface area contributed by atoms with Crippen LogP contribution in [0, 0.1) is 0 Å². The molecule has 0 spiro atoms. The van der Waals surface area contributed by atoms with Crippen LogP contribution in [0.4, 0.5) is 5.82 Å². The third-order valence-electron chi connectivity index (χ3n) is 6.37. The Morgan fingerprint density at radius 2 is 2.00 bits per heavy atom. The number of rotatable bonds is 8. The summed E-state index contributed by atoms with van der Waals surface area (Å²) in [5.41, 5.74) is 0.788. The quantitative estimate of drug-likeness (QED) is 0.599. The van der Waals surface area contributed by atoms with Gasteiger partial charge in [0, 0.05) is 35.5 Å². The molecule has 1 amide bonds. The summed E-state index contributed by atoms with van der Waals surface area (Å²) in [6.07, 6.45) is 5.59. The van der Waals surface area contributed by atoms with Gasteiger partial charge in [-0.3, -0.25) is 4.79 Å². The maximum absolute atomic E-state index is 12.4. The van der Waals surface area contributed by atoms with E-state index in [9.17, 15) is 13.2 Å². The maximum Gasteiger partial charge on any atom is 0.221 e. The van der Waals surface area contributed by atoms with Crippen molar-refractivity contribution in [3.63, 3.8) is 0 Å². The van der Waals surface area contributed by atoms with Gasteiger partial charge in [0.2, 0.25) is 5.91 Å². The van der Waals surface area contributed by atoms with Gasteiger partial charge in [-0.05, 0) is 44.5 Å². The van der Waals surface area contributed by atoms with Crippen molar-refractivity contribution in [2.45, 2.75) is 57.2 Å². The number of carbonyl (C=O) groups excluding carboxylic acids is 1. The molecule has 0 bridgehead atoms. The van der Waals surface area contributed by atoms with Crippen LogP contribution in [0.1, 0.15) is 44.3 Å². The van der Waals surface area contributed by atoms with Crippen LogP contribution in [0.3, 0.4) is 0 Å². The maximum atomic E-state index is 12.4. The van der Waals surface area contributed by atoms with E-state index < -0.39 is 9.84 Å². The second-order valence-electron chi connectivity index (χ2n) is 8.84. The molecular formula is C22H30ClN5O3S. The first-order chi connectivity index (χ1) is 15.3. The fourth-order valence-electron chi connectivity index (χ4n) is 4.45. The molecule has 1 aliphatic heterocycles. The Kier molecular flexibility index (Phi) is 7.17. The number of aromatic nitrogens is 2. The molecule has 1 aromatic heterocycles. The summed E-state index contributed by atoms with van der Waals surface area (Å²) < 4.78 is 23.3. The van der Waals surface area contributed by atoms with Gasteiger partial charge in [-0.15, -0.1) is 0 Å². The van der Waals surface area contributed by atoms with Crippen LogP contribution in [0.25, 0.3) is 10.9 Å². The second kappa shape index (κ2) is 9.89. The SMILES string of the molecule is CN(CCC(=O)NCc1nc(NC2CCCC2)c2cc(Cl)ccc2n1)C1CCS(=O)(=O)C1. The summed E-state index contributed by atoms with van der Waals surface area (Å²) in [5, 5.41) is 7.95. The number of halogens is 1. The first-order valence-electron chi connectivity index (χ1n) is 11.2. The van der Waals surface area contributed by atoms with Gasteiger partial charge in [0.1, 0.15) is 5.82 Å². The molecule has 8 nitrogen and oxygen atoms in total. The van der Waals surface area contributed by atoms with E-state index in [1.165, 1.54) is 12.8 Å². The fourth-order valence-corrected chi connectivity index (χ4v) is 6.43.